The van der Waals surface area contributed by atoms with E-state index in [1.165, 1.54) is 11.1 Å². The van der Waals surface area contributed by atoms with Gasteiger partial charge in [0.25, 0.3) is 0 Å². The molecular formula is C13H11BrO. The van der Waals surface area contributed by atoms with E-state index in [1.807, 2.05) is 18.2 Å². The van der Waals surface area contributed by atoms with Crippen LogP contribution in [0.1, 0.15) is 5.56 Å². The second-order valence-electron chi connectivity index (χ2n) is 3.38. The van der Waals surface area contributed by atoms with Gasteiger partial charge in [-0.15, -0.1) is 0 Å². The lowest BCUT2D eigenvalue weighted by Gasteiger charge is -2.03. The minimum Gasteiger partial charge on any atom is -0.508 e. The highest BCUT2D eigenvalue weighted by Crippen LogP contribution is 2.23. The molecule has 0 aromatic heterocycles. The molecule has 1 nitrogen and oxygen atoms in total. The van der Waals surface area contributed by atoms with Crippen LogP contribution in [0.4, 0.5) is 0 Å². The maximum absolute atomic E-state index is 9.20. The van der Waals surface area contributed by atoms with Crippen molar-refractivity contribution in [2.75, 3.05) is 0 Å². The summed E-state index contributed by atoms with van der Waals surface area (Å²) in [7, 11) is 0. The Morgan fingerprint density at radius 2 is 1.67 bits per heavy atom. The van der Waals surface area contributed by atoms with E-state index < -0.39 is 0 Å². The first kappa shape index (κ1) is 10.2. The van der Waals surface area contributed by atoms with E-state index in [0.29, 0.717) is 5.75 Å². The van der Waals surface area contributed by atoms with Crippen molar-refractivity contribution in [2.45, 2.75) is 5.33 Å². The molecule has 0 amide bonds. The molecule has 0 aliphatic rings. The molecule has 0 bridgehead atoms. The Morgan fingerprint density at radius 3 is 2.33 bits per heavy atom. The minimum absolute atomic E-state index is 0.301. The van der Waals surface area contributed by atoms with Crippen molar-refractivity contribution in [2.24, 2.45) is 0 Å². The van der Waals surface area contributed by atoms with Crippen molar-refractivity contribution in [1.82, 2.24) is 0 Å². The smallest absolute Gasteiger partial charge is 0.115 e. The van der Waals surface area contributed by atoms with Gasteiger partial charge in [-0.2, -0.15) is 0 Å². The first-order chi connectivity index (χ1) is 7.29. The van der Waals surface area contributed by atoms with Crippen LogP contribution in [-0.4, -0.2) is 5.11 Å². The van der Waals surface area contributed by atoms with Gasteiger partial charge in [0.1, 0.15) is 5.75 Å². The zero-order valence-corrected chi connectivity index (χ0v) is 9.74. The number of aromatic hydroxyl groups is 1. The average molecular weight is 263 g/mol. The van der Waals surface area contributed by atoms with Crippen LogP contribution in [0.5, 0.6) is 5.75 Å². The molecule has 2 heteroatoms. The largest absolute Gasteiger partial charge is 0.508 e. The Labute approximate surface area is 97.5 Å². The van der Waals surface area contributed by atoms with Crippen molar-refractivity contribution in [3.8, 4) is 16.9 Å². The fraction of sp³-hybridized carbons (Fsp3) is 0.0769. The molecule has 0 unspecified atom stereocenters. The van der Waals surface area contributed by atoms with Crippen molar-refractivity contribution in [3.63, 3.8) is 0 Å². The van der Waals surface area contributed by atoms with Crippen LogP contribution in [-0.2, 0) is 5.33 Å². The number of rotatable bonds is 2. The molecule has 15 heavy (non-hydrogen) atoms. The van der Waals surface area contributed by atoms with E-state index in [2.05, 4.69) is 34.1 Å². The molecule has 0 fully saturated rings. The molecule has 0 saturated carbocycles. The molecule has 1 N–H and O–H groups in total. The summed E-state index contributed by atoms with van der Waals surface area (Å²) in [6.45, 7) is 0. The first-order valence-electron chi connectivity index (χ1n) is 4.74. The molecule has 76 valence electrons. The van der Waals surface area contributed by atoms with Gasteiger partial charge in [-0.3, -0.25) is 0 Å². The van der Waals surface area contributed by atoms with Crippen LogP contribution < -0.4 is 0 Å². The van der Waals surface area contributed by atoms with E-state index in [9.17, 15) is 5.11 Å². The zero-order valence-electron chi connectivity index (χ0n) is 8.15. The average Bonchev–Trinajstić information content (AvgIpc) is 2.30. The number of hydrogen-bond donors (Lipinski definition) is 1. The Kier molecular flexibility index (Phi) is 3.07. The number of phenols is 1. The summed E-state index contributed by atoms with van der Waals surface area (Å²) < 4.78 is 0. The highest BCUT2D eigenvalue weighted by atomic mass is 79.9. The van der Waals surface area contributed by atoms with Crippen molar-refractivity contribution < 1.29 is 5.11 Å². The van der Waals surface area contributed by atoms with Gasteiger partial charge in [0.2, 0.25) is 0 Å². The van der Waals surface area contributed by atoms with Crippen LogP contribution in [0.15, 0.2) is 48.5 Å². The molecule has 2 rings (SSSR count). The van der Waals surface area contributed by atoms with Crippen LogP contribution in [0.3, 0.4) is 0 Å². The number of phenolic OH excluding ortho intramolecular Hbond substituents is 1. The predicted molar refractivity (Wildman–Crippen MR) is 66.2 cm³/mol. The van der Waals surface area contributed by atoms with E-state index in [4.69, 9.17) is 0 Å². The fourth-order valence-electron chi connectivity index (χ4n) is 1.49. The quantitative estimate of drug-likeness (QED) is 0.813. The van der Waals surface area contributed by atoms with E-state index in [0.717, 1.165) is 10.9 Å². The van der Waals surface area contributed by atoms with E-state index in [-0.39, 0.29) is 0 Å². The maximum Gasteiger partial charge on any atom is 0.115 e. The Balaban J connectivity index is 2.40. The Hall–Kier alpha value is -1.28. The molecule has 0 spiro atoms. The summed E-state index contributed by atoms with van der Waals surface area (Å²) in [5.74, 6) is 0.301. The molecule has 0 atom stereocenters. The Bertz CT molecular complexity index is 448. The van der Waals surface area contributed by atoms with Gasteiger partial charge < -0.3 is 5.11 Å². The van der Waals surface area contributed by atoms with Gasteiger partial charge in [0, 0.05) is 5.33 Å². The van der Waals surface area contributed by atoms with Crippen molar-refractivity contribution >= 4 is 15.9 Å². The second-order valence-corrected chi connectivity index (χ2v) is 3.94. The highest BCUT2D eigenvalue weighted by Gasteiger charge is 1.98. The predicted octanol–water partition coefficient (Wildman–Crippen LogP) is 3.95. The van der Waals surface area contributed by atoms with Crippen LogP contribution in [0, 0.1) is 0 Å². The molecular weight excluding hydrogens is 252 g/mol. The molecule has 0 heterocycles. The van der Waals surface area contributed by atoms with E-state index in [1.54, 1.807) is 12.1 Å². The van der Waals surface area contributed by atoms with Gasteiger partial charge in [0.15, 0.2) is 0 Å². The highest BCUT2D eigenvalue weighted by molar-refractivity contribution is 9.08. The Morgan fingerprint density at radius 1 is 0.933 bits per heavy atom. The monoisotopic (exact) mass is 262 g/mol. The van der Waals surface area contributed by atoms with Gasteiger partial charge in [0.05, 0.1) is 0 Å². The molecule has 0 radical (unpaired) electrons. The number of halogens is 1. The summed E-state index contributed by atoms with van der Waals surface area (Å²) in [5, 5.41) is 10.1. The third-order valence-corrected chi connectivity index (χ3v) is 2.93. The molecule has 0 aliphatic heterocycles. The number of alkyl halides is 1. The standard InChI is InChI=1S/C13H11BrO/c14-9-10-2-1-3-12(8-10)11-4-6-13(15)7-5-11/h1-8,15H,9H2. The summed E-state index contributed by atoms with van der Waals surface area (Å²) in [6, 6.07) is 15.6. The SMILES string of the molecule is Oc1ccc(-c2cccc(CBr)c2)cc1. The molecule has 2 aromatic carbocycles. The lowest BCUT2D eigenvalue weighted by Crippen LogP contribution is -1.80. The maximum atomic E-state index is 9.20. The number of hydrogen-bond acceptors (Lipinski definition) is 1. The third-order valence-electron chi connectivity index (χ3n) is 2.28. The second kappa shape index (κ2) is 4.49. The summed E-state index contributed by atoms with van der Waals surface area (Å²) in [5.41, 5.74) is 3.54. The van der Waals surface area contributed by atoms with Crippen molar-refractivity contribution in [1.29, 1.82) is 0 Å². The zero-order chi connectivity index (χ0) is 10.7. The summed E-state index contributed by atoms with van der Waals surface area (Å²) in [6.07, 6.45) is 0. The minimum atomic E-state index is 0.301. The third kappa shape index (κ3) is 2.39. The first-order valence-corrected chi connectivity index (χ1v) is 5.86. The van der Waals surface area contributed by atoms with Crippen LogP contribution >= 0.6 is 15.9 Å². The summed E-state index contributed by atoms with van der Waals surface area (Å²) >= 11 is 3.44. The fourth-order valence-corrected chi connectivity index (χ4v) is 1.84. The van der Waals surface area contributed by atoms with Gasteiger partial charge in [-0.25, -0.2) is 0 Å². The lowest BCUT2D eigenvalue weighted by atomic mass is 10.0. The van der Waals surface area contributed by atoms with Crippen LogP contribution in [0.25, 0.3) is 11.1 Å². The van der Waals surface area contributed by atoms with Gasteiger partial charge in [-0.05, 0) is 28.8 Å². The van der Waals surface area contributed by atoms with Gasteiger partial charge in [-0.1, -0.05) is 52.3 Å². The van der Waals surface area contributed by atoms with Gasteiger partial charge >= 0.3 is 0 Å². The topological polar surface area (TPSA) is 20.2 Å². The van der Waals surface area contributed by atoms with E-state index >= 15 is 0 Å². The molecule has 0 aliphatic carbocycles. The normalized spacial score (nSPS) is 10.2. The van der Waals surface area contributed by atoms with Crippen LogP contribution in [0.2, 0.25) is 0 Å². The summed E-state index contributed by atoms with van der Waals surface area (Å²) in [4.78, 5) is 0. The van der Waals surface area contributed by atoms with Crippen molar-refractivity contribution in [3.05, 3.63) is 54.1 Å². The number of benzene rings is 2. The molecule has 2 aromatic rings. The lowest BCUT2D eigenvalue weighted by molar-refractivity contribution is 0.475. The molecule has 0 saturated heterocycles.